The van der Waals surface area contributed by atoms with E-state index in [0.717, 1.165) is 56.4 Å². The second kappa shape index (κ2) is 15.3. The molecule has 1 aromatic rings. The van der Waals surface area contributed by atoms with Gasteiger partial charge in [-0.2, -0.15) is 0 Å². The number of para-hydroxylation sites is 1. The van der Waals surface area contributed by atoms with Gasteiger partial charge in [0, 0.05) is 25.2 Å². The monoisotopic (exact) mass is 462 g/mol. The number of nitrogens with zero attached hydrogens (tertiary/aromatic N) is 2. The van der Waals surface area contributed by atoms with Crippen molar-refractivity contribution < 1.29 is 4.74 Å². The van der Waals surface area contributed by atoms with Gasteiger partial charge in [-0.05, 0) is 32.5 Å². The maximum Gasteiger partial charge on any atom is 0.191 e. The van der Waals surface area contributed by atoms with Crippen molar-refractivity contribution in [1.82, 2.24) is 15.5 Å². The minimum absolute atomic E-state index is 0. The van der Waals surface area contributed by atoms with E-state index in [2.05, 4.69) is 54.3 Å². The Morgan fingerprint density at radius 2 is 1.80 bits per heavy atom. The average molecular weight is 462 g/mol. The van der Waals surface area contributed by atoms with Gasteiger partial charge in [-0.15, -0.1) is 24.0 Å². The Morgan fingerprint density at radius 3 is 2.44 bits per heavy atom. The van der Waals surface area contributed by atoms with Gasteiger partial charge in [-0.25, -0.2) is 4.99 Å². The molecular weight excluding hydrogens is 427 g/mol. The fraction of sp³-hybridized carbons (Fsp3) is 0.632. The highest BCUT2D eigenvalue weighted by atomic mass is 127. The van der Waals surface area contributed by atoms with Crippen molar-refractivity contribution in [3.63, 3.8) is 0 Å². The van der Waals surface area contributed by atoms with E-state index in [1.165, 1.54) is 0 Å². The van der Waals surface area contributed by atoms with Gasteiger partial charge in [0.2, 0.25) is 0 Å². The normalized spacial score (nSPS) is 11.2. The van der Waals surface area contributed by atoms with E-state index in [1.807, 2.05) is 18.2 Å². The van der Waals surface area contributed by atoms with Gasteiger partial charge < -0.3 is 20.3 Å². The topological polar surface area (TPSA) is 48.9 Å². The quantitative estimate of drug-likeness (QED) is 0.300. The lowest BCUT2D eigenvalue weighted by molar-refractivity contribution is 0.221. The summed E-state index contributed by atoms with van der Waals surface area (Å²) in [6, 6.07) is 8.16. The van der Waals surface area contributed by atoms with Crippen LogP contribution in [0, 0.1) is 0 Å². The number of nitrogens with one attached hydrogen (secondary N) is 2. The second-order valence-electron chi connectivity index (χ2n) is 5.61. The minimum Gasteiger partial charge on any atom is -0.492 e. The van der Waals surface area contributed by atoms with Gasteiger partial charge in [0.15, 0.2) is 5.96 Å². The first-order valence-electron chi connectivity index (χ1n) is 9.20. The lowest BCUT2D eigenvalue weighted by Crippen LogP contribution is -2.37. The molecule has 0 radical (unpaired) electrons. The van der Waals surface area contributed by atoms with Crippen LogP contribution in [-0.2, 0) is 6.54 Å². The van der Waals surface area contributed by atoms with E-state index < -0.39 is 0 Å². The lowest BCUT2D eigenvalue weighted by atomic mass is 10.2. The number of aliphatic imine (C=N–C) groups is 1. The standard InChI is InChI=1S/C19H34N4O.HI/c1-5-13-21-19(20-6-2)22-16-17-11-9-10-12-18(17)24-15-14-23(7-3)8-4;/h9-12H,5-8,13-16H2,1-4H3,(H2,20,21,22);1H. The Hall–Kier alpha value is -1.02. The Morgan fingerprint density at radius 1 is 1.08 bits per heavy atom. The Balaban J connectivity index is 0.00000576. The minimum atomic E-state index is 0. The average Bonchev–Trinajstić information content (AvgIpc) is 2.62. The Bertz CT molecular complexity index is 478. The summed E-state index contributed by atoms with van der Waals surface area (Å²) >= 11 is 0. The first-order valence-corrected chi connectivity index (χ1v) is 9.20. The highest BCUT2D eigenvalue weighted by Gasteiger charge is 2.05. The molecule has 2 N–H and O–H groups in total. The zero-order valence-corrected chi connectivity index (χ0v) is 18.5. The van der Waals surface area contributed by atoms with Crippen LogP contribution < -0.4 is 15.4 Å². The molecule has 1 aromatic carbocycles. The fourth-order valence-corrected chi connectivity index (χ4v) is 2.35. The van der Waals surface area contributed by atoms with Crippen LogP contribution >= 0.6 is 24.0 Å². The maximum atomic E-state index is 5.99. The zero-order valence-electron chi connectivity index (χ0n) is 16.2. The molecule has 0 aliphatic carbocycles. The largest absolute Gasteiger partial charge is 0.492 e. The molecule has 0 bridgehead atoms. The molecule has 0 amide bonds. The smallest absolute Gasteiger partial charge is 0.191 e. The molecule has 6 heteroatoms. The zero-order chi connectivity index (χ0) is 17.6. The summed E-state index contributed by atoms with van der Waals surface area (Å²) in [5.74, 6) is 1.79. The Kier molecular flexibility index (Phi) is 14.6. The molecule has 0 aliphatic heterocycles. The molecule has 0 unspecified atom stereocenters. The summed E-state index contributed by atoms with van der Waals surface area (Å²) in [6.07, 6.45) is 1.08. The summed E-state index contributed by atoms with van der Waals surface area (Å²) in [7, 11) is 0. The van der Waals surface area contributed by atoms with Gasteiger partial charge in [-0.3, -0.25) is 0 Å². The first kappa shape index (κ1) is 24.0. The molecule has 0 heterocycles. The van der Waals surface area contributed by atoms with Gasteiger partial charge in [-0.1, -0.05) is 39.0 Å². The predicted octanol–water partition coefficient (Wildman–Crippen LogP) is 3.49. The molecule has 0 atom stereocenters. The molecule has 0 aliphatic rings. The van der Waals surface area contributed by atoms with Crippen LogP contribution in [0.3, 0.4) is 0 Å². The van der Waals surface area contributed by atoms with Crippen molar-refractivity contribution in [1.29, 1.82) is 0 Å². The van der Waals surface area contributed by atoms with Crippen molar-refractivity contribution >= 4 is 29.9 Å². The highest BCUT2D eigenvalue weighted by Crippen LogP contribution is 2.18. The van der Waals surface area contributed by atoms with Crippen LogP contribution in [0.1, 0.15) is 39.7 Å². The van der Waals surface area contributed by atoms with Gasteiger partial charge in [0.25, 0.3) is 0 Å². The summed E-state index contributed by atoms with van der Waals surface area (Å²) in [5, 5.41) is 6.60. The van der Waals surface area contributed by atoms with Crippen molar-refractivity contribution in [2.75, 3.05) is 39.3 Å². The molecule has 0 spiro atoms. The first-order chi connectivity index (χ1) is 11.7. The predicted molar refractivity (Wildman–Crippen MR) is 118 cm³/mol. The third-order valence-electron chi connectivity index (χ3n) is 3.83. The van der Waals surface area contributed by atoms with Crippen LogP contribution in [0.2, 0.25) is 0 Å². The van der Waals surface area contributed by atoms with Gasteiger partial charge in [0.05, 0.1) is 6.54 Å². The number of halogens is 1. The second-order valence-corrected chi connectivity index (χ2v) is 5.61. The summed E-state index contributed by atoms with van der Waals surface area (Å²) in [4.78, 5) is 7.02. The van der Waals surface area contributed by atoms with Crippen LogP contribution in [0.15, 0.2) is 29.3 Å². The van der Waals surface area contributed by atoms with Crippen LogP contribution in [-0.4, -0.2) is 50.2 Å². The number of likely N-dealkylation sites (N-methyl/N-ethyl adjacent to an activating group) is 1. The SMILES string of the molecule is CCCNC(=NCc1ccccc1OCCN(CC)CC)NCC.I. The molecule has 144 valence electrons. The van der Waals surface area contributed by atoms with Crippen molar-refractivity contribution in [2.45, 2.75) is 40.7 Å². The van der Waals surface area contributed by atoms with E-state index >= 15 is 0 Å². The number of ether oxygens (including phenoxy) is 1. The number of guanidine groups is 1. The van der Waals surface area contributed by atoms with Crippen LogP contribution in [0.4, 0.5) is 0 Å². The van der Waals surface area contributed by atoms with E-state index in [9.17, 15) is 0 Å². The molecule has 1 rings (SSSR count). The molecular formula is C19H35IN4O. The van der Waals surface area contributed by atoms with Crippen LogP contribution in [0.25, 0.3) is 0 Å². The molecule has 25 heavy (non-hydrogen) atoms. The molecule has 0 aromatic heterocycles. The third-order valence-corrected chi connectivity index (χ3v) is 3.83. The molecule has 0 saturated heterocycles. The highest BCUT2D eigenvalue weighted by molar-refractivity contribution is 14.0. The maximum absolute atomic E-state index is 5.99. The summed E-state index contributed by atoms with van der Waals surface area (Å²) in [5.41, 5.74) is 1.12. The number of rotatable bonds is 11. The van der Waals surface area contributed by atoms with Crippen molar-refractivity contribution in [3.8, 4) is 5.75 Å². The van der Waals surface area contributed by atoms with Gasteiger partial charge >= 0.3 is 0 Å². The molecule has 0 saturated carbocycles. The molecule has 0 fully saturated rings. The van der Waals surface area contributed by atoms with E-state index in [0.29, 0.717) is 13.2 Å². The molecule has 5 nitrogen and oxygen atoms in total. The lowest BCUT2D eigenvalue weighted by Gasteiger charge is -2.18. The number of hydrogen-bond acceptors (Lipinski definition) is 3. The van der Waals surface area contributed by atoms with Crippen molar-refractivity contribution in [2.24, 2.45) is 4.99 Å². The summed E-state index contributed by atoms with van der Waals surface area (Å²) in [6.45, 7) is 14.7. The third kappa shape index (κ3) is 9.89. The van der Waals surface area contributed by atoms with E-state index in [4.69, 9.17) is 4.74 Å². The van der Waals surface area contributed by atoms with Gasteiger partial charge in [0.1, 0.15) is 12.4 Å². The van der Waals surface area contributed by atoms with E-state index in [1.54, 1.807) is 0 Å². The van der Waals surface area contributed by atoms with Crippen molar-refractivity contribution in [3.05, 3.63) is 29.8 Å². The number of benzene rings is 1. The van der Waals surface area contributed by atoms with E-state index in [-0.39, 0.29) is 24.0 Å². The Labute approximate surface area is 170 Å². The van der Waals surface area contributed by atoms with Crippen LogP contribution in [0.5, 0.6) is 5.75 Å². The fourth-order valence-electron chi connectivity index (χ4n) is 2.35. The number of hydrogen-bond donors (Lipinski definition) is 2. The summed E-state index contributed by atoms with van der Waals surface area (Å²) < 4.78 is 5.99.